The highest BCUT2D eigenvalue weighted by molar-refractivity contribution is 5.78. The molecule has 2 fully saturated rings. The number of piperidine rings is 1. The van der Waals surface area contributed by atoms with Crippen molar-refractivity contribution in [3.63, 3.8) is 0 Å². The highest BCUT2D eigenvalue weighted by atomic mass is 16.2. The molecule has 0 saturated carbocycles. The lowest BCUT2D eigenvalue weighted by molar-refractivity contribution is -0.136. The largest absolute Gasteiger partial charge is 0.339 e. The Morgan fingerprint density at radius 1 is 1.42 bits per heavy atom. The van der Waals surface area contributed by atoms with Crippen LogP contribution in [0.25, 0.3) is 0 Å². The summed E-state index contributed by atoms with van der Waals surface area (Å²) in [7, 11) is 0. The fourth-order valence-electron chi connectivity index (χ4n) is 3.08. The van der Waals surface area contributed by atoms with E-state index in [0.29, 0.717) is 19.1 Å². The minimum Gasteiger partial charge on any atom is -0.339 e. The van der Waals surface area contributed by atoms with Crippen molar-refractivity contribution in [1.29, 1.82) is 5.26 Å². The maximum atomic E-state index is 12.5. The maximum absolute atomic E-state index is 12.5. The van der Waals surface area contributed by atoms with Gasteiger partial charge in [0.05, 0.1) is 12.6 Å². The van der Waals surface area contributed by atoms with Crippen molar-refractivity contribution >= 4 is 5.91 Å². The van der Waals surface area contributed by atoms with Gasteiger partial charge < -0.3 is 10.2 Å². The number of likely N-dealkylation sites (tertiary alicyclic amines) is 1. The Morgan fingerprint density at radius 2 is 2.26 bits per heavy atom. The van der Waals surface area contributed by atoms with Gasteiger partial charge in [-0.3, -0.25) is 9.69 Å². The highest BCUT2D eigenvalue weighted by Gasteiger charge is 2.29. The quantitative estimate of drug-likeness (QED) is 0.810. The zero-order valence-electron chi connectivity index (χ0n) is 11.8. The Balaban J connectivity index is 1.93. The third-order valence-electron chi connectivity index (χ3n) is 4.26. The second-order valence-corrected chi connectivity index (χ2v) is 5.46. The van der Waals surface area contributed by atoms with Gasteiger partial charge in [-0.05, 0) is 25.7 Å². The summed E-state index contributed by atoms with van der Waals surface area (Å²) in [6.07, 6.45) is 4.52. The number of hydrogen-bond donors (Lipinski definition) is 1. The van der Waals surface area contributed by atoms with Gasteiger partial charge in [-0.25, -0.2) is 0 Å². The van der Waals surface area contributed by atoms with Crippen LogP contribution < -0.4 is 5.32 Å². The standard InChI is InChI=1S/C14H24N4O/c1-2-12-5-3-4-7-18(12)14(19)11-17-8-6-16-10-13(17)9-15/h12-13,16H,2-8,10-11H2,1H3. The minimum absolute atomic E-state index is 0.164. The van der Waals surface area contributed by atoms with Crippen LogP contribution in [-0.4, -0.2) is 60.5 Å². The number of carbonyl (C=O) groups is 1. The van der Waals surface area contributed by atoms with Crippen molar-refractivity contribution < 1.29 is 4.79 Å². The van der Waals surface area contributed by atoms with Gasteiger partial charge in [-0.1, -0.05) is 6.92 Å². The van der Waals surface area contributed by atoms with Crippen molar-refractivity contribution in [2.75, 3.05) is 32.7 Å². The number of nitrogens with one attached hydrogen (secondary N) is 1. The van der Waals surface area contributed by atoms with Crippen LogP contribution in [0.3, 0.4) is 0 Å². The molecule has 106 valence electrons. The summed E-state index contributed by atoms with van der Waals surface area (Å²) in [4.78, 5) is 16.5. The summed E-state index contributed by atoms with van der Waals surface area (Å²) < 4.78 is 0. The number of piperazine rings is 1. The Morgan fingerprint density at radius 3 is 3.00 bits per heavy atom. The molecule has 2 atom stereocenters. The van der Waals surface area contributed by atoms with E-state index in [1.165, 1.54) is 6.42 Å². The summed E-state index contributed by atoms with van der Waals surface area (Å²) in [6.45, 7) is 5.76. The summed E-state index contributed by atoms with van der Waals surface area (Å²) >= 11 is 0. The Kier molecular flexibility index (Phi) is 5.17. The molecular formula is C14H24N4O. The van der Waals surface area contributed by atoms with Crippen LogP contribution in [0.1, 0.15) is 32.6 Å². The number of nitriles is 1. The van der Waals surface area contributed by atoms with E-state index < -0.39 is 0 Å². The van der Waals surface area contributed by atoms with E-state index in [2.05, 4.69) is 18.3 Å². The van der Waals surface area contributed by atoms with E-state index in [1.807, 2.05) is 9.80 Å². The van der Waals surface area contributed by atoms with Crippen LogP contribution in [0.2, 0.25) is 0 Å². The molecule has 0 aromatic heterocycles. The molecule has 2 aliphatic rings. The zero-order chi connectivity index (χ0) is 13.7. The van der Waals surface area contributed by atoms with Crippen molar-refractivity contribution in [2.24, 2.45) is 0 Å². The molecule has 2 unspecified atom stereocenters. The van der Waals surface area contributed by atoms with E-state index in [0.717, 1.165) is 38.9 Å². The maximum Gasteiger partial charge on any atom is 0.237 e. The Labute approximate surface area is 115 Å². The van der Waals surface area contributed by atoms with Crippen molar-refractivity contribution in [2.45, 2.75) is 44.7 Å². The molecule has 0 aromatic rings. The summed E-state index contributed by atoms with van der Waals surface area (Å²) in [5.74, 6) is 0.203. The van der Waals surface area contributed by atoms with Crippen molar-refractivity contribution in [3.8, 4) is 6.07 Å². The van der Waals surface area contributed by atoms with Crippen LogP contribution >= 0.6 is 0 Å². The lowest BCUT2D eigenvalue weighted by Gasteiger charge is -2.38. The molecule has 5 nitrogen and oxygen atoms in total. The Bertz CT molecular complexity index is 352. The first kappa shape index (κ1) is 14.3. The van der Waals surface area contributed by atoms with Crippen LogP contribution in [0.4, 0.5) is 0 Å². The summed E-state index contributed by atoms with van der Waals surface area (Å²) in [5, 5.41) is 12.3. The molecule has 2 heterocycles. The van der Waals surface area contributed by atoms with E-state index in [1.54, 1.807) is 0 Å². The lowest BCUT2D eigenvalue weighted by atomic mass is 10.00. The van der Waals surface area contributed by atoms with Crippen LogP contribution in [-0.2, 0) is 4.79 Å². The monoisotopic (exact) mass is 264 g/mol. The van der Waals surface area contributed by atoms with E-state index in [-0.39, 0.29) is 11.9 Å². The molecule has 5 heteroatoms. The van der Waals surface area contributed by atoms with Gasteiger partial charge in [-0.2, -0.15) is 5.26 Å². The van der Waals surface area contributed by atoms with Crippen molar-refractivity contribution in [3.05, 3.63) is 0 Å². The SMILES string of the molecule is CCC1CCCCN1C(=O)CN1CCNCC1C#N. The third-order valence-corrected chi connectivity index (χ3v) is 4.26. The first-order valence-corrected chi connectivity index (χ1v) is 7.40. The topological polar surface area (TPSA) is 59.4 Å². The molecule has 0 aliphatic carbocycles. The van der Waals surface area contributed by atoms with Gasteiger partial charge in [-0.15, -0.1) is 0 Å². The number of hydrogen-bond acceptors (Lipinski definition) is 4. The normalized spacial score (nSPS) is 28.9. The predicted molar refractivity (Wildman–Crippen MR) is 73.5 cm³/mol. The third kappa shape index (κ3) is 3.46. The van der Waals surface area contributed by atoms with E-state index in [4.69, 9.17) is 5.26 Å². The van der Waals surface area contributed by atoms with Crippen LogP contribution in [0.5, 0.6) is 0 Å². The first-order valence-electron chi connectivity index (χ1n) is 7.40. The molecule has 2 aliphatic heterocycles. The van der Waals surface area contributed by atoms with Gasteiger partial charge in [0.25, 0.3) is 0 Å². The fourth-order valence-corrected chi connectivity index (χ4v) is 3.08. The smallest absolute Gasteiger partial charge is 0.237 e. The van der Waals surface area contributed by atoms with Gasteiger partial charge in [0.15, 0.2) is 0 Å². The van der Waals surface area contributed by atoms with Gasteiger partial charge >= 0.3 is 0 Å². The predicted octanol–water partition coefficient (Wildman–Crippen LogP) is 0.575. The first-order chi connectivity index (χ1) is 9.26. The summed E-state index contributed by atoms with van der Waals surface area (Å²) in [5.41, 5.74) is 0. The average molecular weight is 264 g/mol. The van der Waals surface area contributed by atoms with E-state index in [9.17, 15) is 4.79 Å². The fraction of sp³-hybridized carbons (Fsp3) is 0.857. The number of rotatable bonds is 3. The van der Waals surface area contributed by atoms with Crippen molar-refractivity contribution in [1.82, 2.24) is 15.1 Å². The molecule has 0 radical (unpaired) electrons. The molecule has 19 heavy (non-hydrogen) atoms. The van der Waals surface area contributed by atoms with Gasteiger partial charge in [0, 0.05) is 32.2 Å². The Hall–Kier alpha value is -1.12. The minimum atomic E-state index is -0.164. The number of nitrogens with zero attached hydrogens (tertiary/aromatic N) is 3. The average Bonchev–Trinajstić information content (AvgIpc) is 2.47. The molecule has 1 amide bonds. The molecule has 2 rings (SSSR count). The molecule has 0 aromatic carbocycles. The second-order valence-electron chi connectivity index (χ2n) is 5.46. The van der Waals surface area contributed by atoms with Gasteiger partial charge in [0.2, 0.25) is 5.91 Å². The highest BCUT2D eigenvalue weighted by Crippen LogP contribution is 2.20. The molecular weight excluding hydrogens is 240 g/mol. The number of amides is 1. The second kappa shape index (κ2) is 6.88. The molecule has 0 bridgehead atoms. The zero-order valence-corrected chi connectivity index (χ0v) is 11.8. The van der Waals surface area contributed by atoms with Crippen LogP contribution in [0, 0.1) is 11.3 Å². The van der Waals surface area contributed by atoms with E-state index >= 15 is 0 Å². The number of carbonyl (C=O) groups excluding carboxylic acids is 1. The van der Waals surface area contributed by atoms with Gasteiger partial charge in [0.1, 0.15) is 6.04 Å². The molecule has 0 spiro atoms. The summed E-state index contributed by atoms with van der Waals surface area (Å²) in [6, 6.07) is 2.52. The molecule has 2 saturated heterocycles. The lowest BCUT2D eigenvalue weighted by Crippen LogP contribution is -2.55. The molecule has 1 N–H and O–H groups in total. The van der Waals surface area contributed by atoms with Crippen LogP contribution in [0.15, 0.2) is 0 Å².